The van der Waals surface area contributed by atoms with Crippen molar-refractivity contribution in [1.29, 1.82) is 0 Å². The molecule has 2 saturated carbocycles. The van der Waals surface area contributed by atoms with Crippen molar-refractivity contribution in [3.05, 3.63) is 35.9 Å². The SMILES string of the molecule is O=C(NC1C2CCC(C2)C1C(=O)O)c1ccccc1. The Balaban J connectivity index is 1.76. The predicted molar refractivity (Wildman–Crippen MR) is 69.7 cm³/mol. The number of fused-ring (bicyclic) bond motifs is 2. The van der Waals surface area contributed by atoms with Crippen molar-refractivity contribution in [2.75, 3.05) is 0 Å². The van der Waals surface area contributed by atoms with E-state index in [9.17, 15) is 14.7 Å². The number of nitrogens with one attached hydrogen (secondary N) is 1. The van der Waals surface area contributed by atoms with Gasteiger partial charge in [-0.1, -0.05) is 18.2 Å². The molecule has 4 unspecified atom stereocenters. The molecule has 0 aromatic heterocycles. The number of hydrogen-bond acceptors (Lipinski definition) is 2. The fourth-order valence-corrected chi connectivity index (χ4v) is 3.68. The van der Waals surface area contributed by atoms with E-state index in [1.807, 2.05) is 18.2 Å². The molecule has 4 heteroatoms. The van der Waals surface area contributed by atoms with E-state index in [0.29, 0.717) is 11.5 Å². The Morgan fingerprint density at radius 2 is 1.79 bits per heavy atom. The number of hydrogen-bond donors (Lipinski definition) is 2. The van der Waals surface area contributed by atoms with Gasteiger partial charge in [0, 0.05) is 11.6 Å². The van der Waals surface area contributed by atoms with E-state index >= 15 is 0 Å². The molecule has 0 radical (unpaired) electrons. The number of amides is 1. The minimum absolute atomic E-state index is 0.163. The van der Waals surface area contributed by atoms with E-state index in [2.05, 4.69) is 5.32 Å². The van der Waals surface area contributed by atoms with Gasteiger partial charge in [0.15, 0.2) is 0 Å². The first-order valence-corrected chi connectivity index (χ1v) is 6.75. The number of benzene rings is 1. The van der Waals surface area contributed by atoms with Crippen molar-refractivity contribution >= 4 is 11.9 Å². The highest BCUT2D eigenvalue weighted by atomic mass is 16.4. The summed E-state index contributed by atoms with van der Waals surface area (Å²) >= 11 is 0. The Morgan fingerprint density at radius 3 is 2.47 bits per heavy atom. The van der Waals surface area contributed by atoms with Crippen LogP contribution in [0.2, 0.25) is 0 Å². The zero-order valence-corrected chi connectivity index (χ0v) is 10.6. The Labute approximate surface area is 111 Å². The lowest BCUT2D eigenvalue weighted by Gasteiger charge is -2.28. The fourth-order valence-electron chi connectivity index (χ4n) is 3.68. The highest BCUT2D eigenvalue weighted by Gasteiger charge is 2.51. The number of carboxylic acid groups (broad SMARTS) is 1. The van der Waals surface area contributed by atoms with Crippen LogP contribution in [0.3, 0.4) is 0 Å². The van der Waals surface area contributed by atoms with Crippen LogP contribution in [0.1, 0.15) is 29.6 Å². The molecule has 2 fully saturated rings. The first-order chi connectivity index (χ1) is 9.16. The lowest BCUT2D eigenvalue weighted by Crippen LogP contribution is -2.46. The second kappa shape index (κ2) is 4.68. The average molecular weight is 259 g/mol. The van der Waals surface area contributed by atoms with Gasteiger partial charge in [-0.25, -0.2) is 0 Å². The third-order valence-electron chi connectivity index (χ3n) is 4.54. The molecule has 3 rings (SSSR count). The molecule has 2 aliphatic carbocycles. The predicted octanol–water partition coefficient (Wildman–Crippen LogP) is 1.92. The summed E-state index contributed by atoms with van der Waals surface area (Å²) < 4.78 is 0. The van der Waals surface area contributed by atoms with Gasteiger partial charge in [0.1, 0.15) is 0 Å². The van der Waals surface area contributed by atoms with Gasteiger partial charge in [-0.3, -0.25) is 9.59 Å². The summed E-state index contributed by atoms with van der Waals surface area (Å²) in [5, 5.41) is 12.3. The average Bonchev–Trinajstić information content (AvgIpc) is 3.00. The van der Waals surface area contributed by atoms with Crippen LogP contribution >= 0.6 is 0 Å². The summed E-state index contributed by atoms with van der Waals surface area (Å²) in [7, 11) is 0. The molecule has 0 heterocycles. The molecule has 2 N–H and O–H groups in total. The smallest absolute Gasteiger partial charge is 0.308 e. The zero-order chi connectivity index (χ0) is 13.4. The van der Waals surface area contributed by atoms with Crippen LogP contribution in [0.5, 0.6) is 0 Å². The maximum Gasteiger partial charge on any atom is 0.308 e. The van der Waals surface area contributed by atoms with Crippen molar-refractivity contribution in [2.45, 2.75) is 25.3 Å². The van der Waals surface area contributed by atoms with Crippen LogP contribution < -0.4 is 5.32 Å². The molecule has 1 amide bonds. The number of carboxylic acids is 1. The van der Waals surface area contributed by atoms with Gasteiger partial charge in [-0.2, -0.15) is 0 Å². The third kappa shape index (κ3) is 2.11. The molecule has 100 valence electrons. The topological polar surface area (TPSA) is 66.4 Å². The van der Waals surface area contributed by atoms with Crippen LogP contribution in [0, 0.1) is 17.8 Å². The Hall–Kier alpha value is -1.84. The monoisotopic (exact) mass is 259 g/mol. The molecular formula is C15H17NO3. The van der Waals surface area contributed by atoms with Crippen LogP contribution in [-0.2, 0) is 4.79 Å². The van der Waals surface area contributed by atoms with Gasteiger partial charge in [-0.05, 0) is 43.2 Å². The summed E-state index contributed by atoms with van der Waals surface area (Å²) in [6, 6.07) is 8.77. The first-order valence-electron chi connectivity index (χ1n) is 6.75. The van der Waals surface area contributed by atoms with Crippen LogP contribution in [0.4, 0.5) is 0 Å². The second-order valence-corrected chi connectivity index (χ2v) is 5.56. The molecule has 4 atom stereocenters. The van der Waals surface area contributed by atoms with E-state index in [1.54, 1.807) is 12.1 Å². The van der Waals surface area contributed by atoms with Crippen molar-refractivity contribution in [3.63, 3.8) is 0 Å². The summed E-state index contributed by atoms with van der Waals surface area (Å²) in [5.41, 5.74) is 0.592. The van der Waals surface area contributed by atoms with Crippen LogP contribution in [0.15, 0.2) is 30.3 Å². The highest BCUT2D eigenvalue weighted by molar-refractivity contribution is 5.94. The summed E-state index contributed by atoms with van der Waals surface area (Å²) in [4.78, 5) is 23.5. The quantitative estimate of drug-likeness (QED) is 0.871. The standard InChI is InChI=1S/C15H17NO3/c17-14(9-4-2-1-3-5-9)16-13-11-7-6-10(8-11)12(13)15(18)19/h1-5,10-13H,6-8H2,(H,16,17)(H,18,19). The molecular weight excluding hydrogens is 242 g/mol. The molecule has 1 aromatic rings. The van der Waals surface area contributed by atoms with Crippen molar-refractivity contribution < 1.29 is 14.7 Å². The van der Waals surface area contributed by atoms with Crippen LogP contribution in [-0.4, -0.2) is 23.0 Å². The first kappa shape index (κ1) is 12.2. The number of aliphatic carboxylic acids is 1. The van der Waals surface area contributed by atoms with Gasteiger partial charge in [0.05, 0.1) is 5.92 Å². The maximum atomic E-state index is 12.1. The van der Waals surface area contributed by atoms with E-state index in [-0.39, 0.29) is 17.9 Å². The molecule has 2 aliphatic rings. The zero-order valence-electron chi connectivity index (χ0n) is 10.6. The second-order valence-electron chi connectivity index (χ2n) is 5.56. The number of carbonyl (C=O) groups excluding carboxylic acids is 1. The Bertz CT molecular complexity index is 499. The lowest BCUT2D eigenvalue weighted by molar-refractivity contribution is -0.144. The summed E-state index contributed by atoms with van der Waals surface area (Å²) in [6.07, 6.45) is 2.96. The highest BCUT2D eigenvalue weighted by Crippen LogP contribution is 2.48. The van der Waals surface area contributed by atoms with Gasteiger partial charge in [0.25, 0.3) is 5.91 Å². The molecule has 0 spiro atoms. The number of carbonyl (C=O) groups is 2. The molecule has 4 nitrogen and oxygen atoms in total. The maximum absolute atomic E-state index is 12.1. The van der Waals surface area contributed by atoms with E-state index < -0.39 is 11.9 Å². The third-order valence-corrected chi connectivity index (χ3v) is 4.54. The lowest BCUT2D eigenvalue weighted by atomic mass is 9.84. The number of rotatable bonds is 3. The largest absolute Gasteiger partial charge is 0.481 e. The Kier molecular flexibility index (Phi) is 3.01. The normalized spacial score (nSPS) is 32.2. The van der Waals surface area contributed by atoms with Crippen molar-refractivity contribution in [1.82, 2.24) is 5.32 Å². The molecule has 0 aliphatic heterocycles. The van der Waals surface area contributed by atoms with Crippen LogP contribution in [0.25, 0.3) is 0 Å². The summed E-state index contributed by atoms with van der Waals surface area (Å²) in [6.45, 7) is 0. The minimum Gasteiger partial charge on any atom is -0.481 e. The fraction of sp³-hybridized carbons (Fsp3) is 0.467. The molecule has 0 saturated heterocycles. The Morgan fingerprint density at radius 1 is 1.11 bits per heavy atom. The van der Waals surface area contributed by atoms with Gasteiger partial charge in [-0.15, -0.1) is 0 Å². The van der Waals surface area contributed by atoms with E-state index in [0.717, 1.165) is 19.3 Å². The van der Waals surface area contributed by atoms with E-state index in [4.69, 9.17) is 0 Å². The van der Waals surface area contributed by atoms with Crippen molar-refractivity contribution in [3.8, 4) is 0 Å². The van der Waals surface area contributed by atoms with Crippen molar-refractivity contribution in [2.24, 2.45) is 17.8 Å². The molecule has 2 bridgehead atoms. The van der Waals surface area contributed by atoms with Gasteiger partial charge >= 0.3 is 5.97 Å². The molecule has 1 aromatic carbocycles. The van der Waals surface area contributed by atoms with Gasteiger partial charge in [0.2, 0.25) is 0 Å². The van der Waals surface area contributed by atoms with Gasteiger partial charge < -0.3 is 10.4 Å². The minimum atomic E-state index is -0.773. The summed E-state index contributed by atoms with van der Waals surface area (Å²) in [5.74, 6) is -0.774. The van der Waals surface area contributed by atoms with E-state index in [1.165, 1.54) is 0 Å². The molecule has 19 heavy (non-hydrogen) atoms.